The van der Waals surface area contributed by atoms with Crippen LogP contribution in [0.15, 0.2) is 6.20 Å². The lowest BCUT2D eigenvalue weighted by molar-refractivity contribution is -0.00535. The van der Waals surface area contributed by atoms with E-state index in [4.69, 9.17) is 15.6 Å². The van der Waals surface area contributed by atoms with Gasteiger partial charge < -0.3 is 20.5 Å². The van der Waals surface area contributed by atoms with Gasteiger partial charge in [0.1, 0.15) is 5.69 Å². The SMILES string of the molecule is Cc1nc(C2CCN(C)CC2)sc1-c1nc(N)ncc1F.OC1CCCOC1. The Kier molecular flexibility index (Phi) is 7.28. The third-order valence-electron chi connectivity index (χ3n) is 5.00. The van der Waals surface area contributed by atoms with Crippen molar-refractivity contribution in [1.82, 2.24) is 19.9 Å². The second-order valence-electron chi connectivity index (χ2n) is 7.34. The largest absolute Gasteiger partial charge is 0.391 e. The van der Waals surface area contributed by atoms with Crippen molar-refractivity contribution in [2.45, 2.75) is 44.6 Å². The van der Waals surface area contributed by atoms with Crippen molar-refractivity contribution >= 4 is 17.3 Å². The van der Waals surface area contributed by atoms with E-state index < -0.39 is 5.82 Å². The van der Waals surface area contributed by atoms with Crippen LogP contribution in [0.4, 0.5) is 10.3 Å². The molecule has 0 amide bonds. The van der Waals surface area contributed by atoms with Crippen LogP contribution in [0.5, 0.6) is 0 Å². The van der Waals surface area contributed by atoms with Gasteiger partial charge >= 0.3 is 0 Å². The maximum absolute atomic E-state index is 13.9. The summed E-state index contributed by atoms with van der Waals surface area (Å²) in [6.45, 7) is 5.42. The van der Waals surface area contributed by atoms with E-state index in [1.165, 1.54) is 11.3 Å². The Hall–Kier alpha value is -1.68. The fraction of sp³-hybridized carbons (Fsp3) is 0.632. The summed E-state index contributed by atoms with van der Waals surface area (Å²) >= 11 is 1.53. The number of likely N-dealkylation sites (tertiary alicyclic amines) is 1. The molecule has 0 saturated carbocycles. The van der Waals surface area contributed by atoms with Crippen LogP contribution in [0, 0.1) is 12.7 Å². The molecule has 3 N–H and O–H groups in total. The third-order valence-corrected chi connectivity index (χ3v) is 6.32. The van der Waals surface area contributed by atoms with Crippen LogP contribution in [0.1, 0.15) is 42.3 Å². The van der Waals surface area contributed by atoms with Gasteiger partial charge in [0.25, 0.3) is 0 Å². The summed E-state index contributed by atoms with van der Waals surface area (Å²) in [5.41, 5.74) is 6.64. The first kappa shape index (κ1) is 21.0. The number of aliphatic hydroxyl groups is 1. The lowest BCUT2D eigenvalue weighted by atomic mass is 9.98. The molecular weight excluding hydrogens is 381 g/mol. The van der Waals surface area contributed by atoms with Crippen LogP contribution < -0.4 is 5.73 Å². The molecule has 4 heterocycles. The molecule has 154 valence electrons. The van der Waals surface area contributed by atoms with E-state index in [1.54, 1.807) is 0 Å². The van der Waals surface area contributed by atoms with Gasteiger partial charge in [0, 0.05) is 12.5 Å². The number of aryl methyl sites for hydroxylation is 1. The van der Waals surface area contributed by atoms with Gasteiger partial charge in [-0.1, -0.05) is 0 Å². The fourth-order valence-electron chi connectivity index (χ4n) is 3.33. The first-order valence-corrected chi connectivity index (χ1v) is 10.5. The Balaban J connectivity index is 0.000000271. The number of nitrogens with two attached hydrogens (primary N) is 1. The zero-order valence-corrected chi connectivity index (χ0v) is 17.2. The number of anilines is 1. The van der Waals surface area contributed by atoms with Gasteiger partial charge in [0.05, 0.1) is 34.5 Å². The van der Waals surface area contributed by atoms with Crippen molar-refractivity contribution < 1.29 is 14.2 Å². The molecule has 0 aliphatic carbocycles. The monoisotopic (exact) mass is 409 g/mol. The molecule has 9 heteroatoms. The van der Waals surface area contributed by atoms with Crippen molar-refractivity contribution in [1.29, 1.82) is 0 Å². The van der Waals surface area contributed by atoms with Crippen molar-refractivity contribution in [3.63, 3.8) is 0 Å². The highest BCUT2D eigenvalue weighted by atomic mass is 32.1. The van der Waals surface area contributed by atoms with E-state index in [2.05, 4.69) is 26.9 Å². The molecule has 0 bridgehead atoms. The summed E-state index contributed by atoms with van der Waals surface area (Å²) in [6.07, 6.45) is 5.05. The second-order valence-corrected chi connectivity index (χ2v) is 8.37. The van der Waals surface area contributed by atoms with Crippen molar-refractivity contribution in [3.05, 3.63) is 22.7 Å². The number of aromatic nitrogens is 3. The quantitative estimate of drug-likeness (QED) is 0.787. The molecule has 4 rings (SSSR count). The van der Waals surface area contributed by atoms with Gasteiger partial charge in [-0.05, 0) is 52.7 Å². The molecule has 2 saturated heterocycles. The smallest absolute Gasteiger partial charge is 0.220 e. The minimum atomic E-state index is -0.453. The molecule has 1 atom stereocenters. The molecule has 2 aliphatic rings. The molecule has 2 fully saturated rings. The molecule has 2 aromatic heterocycles. The van der Waals surface area contributed by atoms with E-state index in [9.17, 15) is 4.39 Å². The molecule has 28 heavy (non-hydrogen) atoms. The number of hydrogen-bond acceptors (Lipinski definition) is 8. The fourth-order valence-corrected chi connectivity index (χ4v) is 4.56. The maximum atomic E-state index is 13.9. The Morgan fingerprint density at radius 3 is 2.64 bits per heavy atom. The van der Waals surface area contributed by atoms with Crippen LogP contribution in [0.25, 0.3) is 10.6 Å². The summed E-state index contributed by atoms with van der Waals surface area (Å²) in [5.74, 6) is 0.0896. The highest BCUT2D eigenvalue weighted by Crippen LogP contribution is 2.37. The predicted octanol–water partition coefficient (Wildman–Crippen LogP) is 2.60. The van der Waals surface area contributed by atoms with Crippen molar-refractivity contribution in [2.75, 3.05) is 39.1 Å². The third kappa shape index (κ3) is 5.44. The van der Waals surface area contributed by atoms with Gasteiger partial charge in [-0.3, -0.25) is 0 Å². The van der Waals surface area contributed by atoms with Crippen LogP contribution in [0.3, 0.4) is 0 Å². The number of hydrogen-bond donors (Lipinski definition) is 2. The van der Waals surface area contributed by atoms with Crippen LogP contribution in [-0.4, -0.2) is 64.4 Å². The zero-order chi connectivity index (χ0) is 20.1. The highest BCUT2D eigenvalue weighted by Gasteiger charge is 2.24. The number of aliphatic hydroxyl groups excluding tert-OH is 1. The standard InChI is InChI=1S/C14H18FN5S.C5H10O2/c1-8-12(11-10(15)7-17-14(16)19-11)21-13(18-8)9-3-5-20(2)6-4-9;6-5-2-1-3-7-4-5/h7,9H,3-6H2,1-2H3,(H2,16,17,19);5-6H,1-4H2. The lowest BCUT2D eigenvalue weighted by Crippen LogP contribution is -2.29. The Morgan fingerprint density at radius 1 is 1.29 bits per heavy atom. The molecule has 2 aromatic rings. The van der Waals surface area contributed by atoms with Gasteiger partial charge in [-0.2, -0.15) is 0 Å². The number of piperidine rings is 1. The molecule has 7 nitrogen and oxygen atoms in total. The average molecular weight is 410 g/mol. The van der Waals surface area contributed by atoms with Crippen LogP contribution >= 0.6 is 11.3 Å². The van der Waals surface area contributed by atoms with E-state index in [1.807, 2.05) is 6.92 Å². The van der Waals surface area contributed by atoms with Gasteiger partial charge in [-0.15, -0.1) is 11.3 Å². The number of thiazole rings is 1. The summed E-state index contributed by atoms with van der Waals surface area (Å²) in [4.78, 5) is 15.4. The maximum Gasteiger partial charge on any atom is 0.220 e. The summed E-state index contributed by atoms with van der Waals surface area (Å²) in [7, 11) is 2.13. The van der Waals surface area contributed by atoms with E-state index in [0.29, 0.717) is 12.5 Å². The summed E-state index contributed by atoms with van der Waals surface area (Å²) < 4.78 is 18.9. The molecule has 0 radical (unpaired) electrons. The second kappa shape index (κ2) is 9.69. The molecule has 0 aromatic carbocycles. The molecule has 1 unspecified atom stereocenters. The summed E-state index contributed by atoms with van der Waals surface area (Å²) in [6, 6.07) is 0. The van der Waals surface area contributed by atoms with E-state index in [-0.39, 0.29) is 17.7 Å². The van der Waals surface area contributed by atoms with Crippen LogP contribution in [0.2, 0.25) is 0 Å². The van der Waals surface area contributed by atoms with E-state index in [0.717, 1.165) is 67.2 Å². The van der Waals surface area contributed by atoms with Crippen molar-refractivity contribution in [3.8, 4) is 10.6 Å². The van der Waals surface area contributed by atoms with E-state index >= 15 is 0 Å². The number of rotatable bonds is 2. The minimum Gasteiger partial charge on any atom is -0.391 e. The number of ether oxygens (including phenoxy) is 1. The molecular formula is C19H28FN5O2S. The average Bonchev–Trinajstić information content (AvgIpc) is 3.07. The Morgan fingerprint density at radius 2 is 2.04 bits per heavy atom. The van der Waals surface area contributed by atoms with Gasteiger partial charge in [-0.25, -0.2) is 19.3 Å². The minimum absolute atomic E-state index is 0.0834. The number of nitrogens with zero attached hydrogens (tertiary/aromatic N) is 4. The van der Waals surface area contributed by atoms with Gasteiger partial charge in [0.2, 0.25) is 5.95 Å². The first-order valence-electron chi connectivity index (χ1n) is 9.64. The lowest BCUT2D eigenvalue weighted by Gasteiger charge is -2.27. The highest BCUT2D eigenvalue weighted by molar-refractivity contribution is 7.15. The topological polar surface area (TPSA) is 97.4 Å². The first-order chi connectivity index (χ1) is 13.4. The predicted molar refractivity (Wildman–Crippen MR) is 108 cm³/mol. The number of halogens is 1. The molecule has 0 spiro atoms. The zero-order valence-electron chi connectivity index (χ0n) is 16.4. The Bertz CT molecular complexity index is 774. The Labute approximate surface area is 168 Å². The van der Waals surface area contributed by atoms with Gasteiger partial charge in [0.15, 0.2) is 5.82 Å². The molecule has 2 aliphatic heterocycles. The van der Waals surface area contributed by atoms with Crippen LogP contribution in [-0.2, 0) is 4.74 Å². The van der Waals surface area contributed by atoms with Crippen molar-refractivity contribution in [2.24, 2.45) is 0 Å². The normalized spacial score (nSPS) is 21.2. The number of nitrogen functional groups attached to an aromatic ring is 1. The summed E-state index contributed by atoms with van der Waals surface area (Å²) in [5, 5.41) is 9.86.